The van der Waals surface area contributed by atoms with Gasteiger partial charge in [0.2, 0.25) is 20.0 Å². The van der Waals surface area contributed by atoms with Gasteiger partial charge in [0.05, 0.1) is 9.79 Å². The number of aryl methyl sites for hydroxylation is 1. The number of benzene rings is 2. The number of sulfonamides is 2. The minimum Gasteiger partial charge on any atom is -0.271 e. The Hall–Kier alpha value is -2.80. The van der Waals surface area contributed by atoms with Crippen molar-refractivity contribution >= 4 is 31.9 Å². The summed E-state index contributed by atoms with van der Waals surface area (Å²) in [5.74, 6) is -1.40. The molecule has 2 amide bonds. The van der Waals surface area contributed by atoms with Crippen LogP contribution in [0.5, 0.6) is 0 Å². The Kier molecular flexibility index (Phi) is 7.22. The molecule has 1 heterocycles. The lowest BCUT2D eigenvalue weighted by Crippen LogP contribution is -2.51. The number of rotatable bonds is 6. The molecule has 0 aliphatic carbocycles. The SMILES string of the molecule is Cc1ccc(S(=O)(=O)N2CCC[C@@H]2C(=O)NNC(=O)c2cccc(S(=O)(=O)N(C)C)c2)cc1. The number of nitrogens with zero attached hydrogens (tertiary/aromatic N) is 2. The van der Waals surface area contributed by atoms with E-state index in [0.717, 1.165) is 14.2 Å². The summed E-state index contributed by atoms with van der Waals surface area (Å²) >= 11 is 0. The Morgan fingerprint density at radius 3 is 2.27 bits per heavy atom. The van der Waals surface area contributed by atoms with E-state index in [0.29, 0.717) is 12.8 Å². The molecule has 2 aromatic rings. The molecular weight excluding hydrogens is 468 g/mol. The standard InChI is InChI=1S/C21H26N4O6S2/c1-15-9-11-17(12-10-15)33(30,31)25-13-5-8-19(25)21(27)23-22-20(26)16-6-4-7-18(14-16)32(28,29)24(2)3/h4,6-7,9-12,14,19H,5,8,13H2,1-3H3,(H,22,26)(H,23,27)/t19-/m1/s1. The fraction of sp³-hybridized carbons (Fsp3) is 0.333. The predicted octanol–water partition coefficient (Wildman–Crippen LogP) is 0.860. The molecule has 0 bridgehead atoms. The van der Waals surface area contributed by atoms with Gasteiger partial charge in [-0.3, -0.25) is 20.4 Å². The third-order valence-corrected chi connectivity index (χ3v) is 9.04. The van der Waals surface area contributed by atoms with Crippen LogP contribution in [-0.4, -0.2) is 63.9 Å². The number of nitrogens with one attached hydrogen (secondary N) is 2. The molecule has 1 aliphatic heterocycles. The third-order valence-electron chi connectivity index (χ3n) is 5.31. The van der Waals surface area contributed by atoms with Gasteiger partial charge in [0.1, 0.15) is 6.04 Å². The molecule has 0 spiro atoms. The molecule has 0 radical (unpaired) electrons. The second-order valence-corrected chi connectivity index (χ2v) is 11.9. The highest BCUT2D eigenvalue weighted by Gasteiger charge is 2.39. The molecule has 12 heteroatoms. The van der Waals surface area contributed by atoms with Crippen LogP contribution in [0.15, 0.2) is 58.3 Å². The molecule has 3 rings (SSSR count). The fourth-order valence-electron chi connectivity index (χ4n) is 3.42. The first-order chi connectivity index (χ1) is 15.4. The summed E-state index contributed by atoms with van der Waals surface area (Å²) in [5.41, 5.74) is 5.43. The van der Waals surface area contributed by atoms with E-state index in [1.54, 1.807) is 12.1 Å². The van der Waals surface area contributed by atoms with Crippen LogP contribution in [0.25, 0.3) is 0 Å². The predicted molar refractivity (Wildman–Crippen MR) is 121 cm³/mol. The molecule has 0 unspecified atom stereocenters. The van der Waals surface area contributed by atoms with Crippen LogP contribution < -0.4 is 10.9 Å². The zero-order valence-corrected chi connectivity index (χ0v) is 20.1. The molecular formula is C21H26N4O6S2. The normalized spacial score (nSPS) is 17.2. The molecule has 1 aliphatic rings. The molecule has 2 N–H and O–H groups in total. The Labute approximate surface area is 193 Å². The van der Waals surface area contributed by atoms with Crippen molar-refractivity contribution in [2.45, 2.75) is 35.6 Å². The van der Waals surface area contributed by atoms with Crippen LogP contribution in [0.2, 0.25) is 0 Å². The number of carbonyl (C=O) groups excluding carboxylic acids is 2. The second kappa shape index (κ2) is 9.59. The summed E-state index contributed by atoms with van der Waals surface area (Å²) < 4.78 is 52.7. The van der Waals surface area contributed by atoms with E-state index in [1.807, 2.05) is 6.92 Å². The van der Waals surface area contributed by atoms with Crippen LogP contribution in [0.4, 0.5) is 0 Å². The van der Waals surface area contributed by atoms with Gasteiger partial charge in [0.15, 0.2) is 0 Å². The van der Waals surface area contributed by atoms with E-state index < -0.39 is 37.9 Å². The molecule has 33 heavy (non-hydrogen) atoms. The number of hydrogen-bond donors (Lipinski definition) is 2. The van der Waals surface area contributed by atoms with Gasteiger partial charge in [-0.2, -0.15) is 4.31 Å². The molecule has 178 valence electrons. The van der Waals surface area contributed by atoms with Gasteiger partial charge in [-0.15, -0.1) is 0 Å². The largest absolute Gasteiger partial charge is 0.271 e. The first-order valence-corrected chi connectivity index (χ1v) is 13.0. The smallest absolute Gasteiger partial charge is 0.269 e. The average molecular weight is 495 g/mol. The Balaban J connectivity index is 1.70. The first kappa shape index (κ1) is 24.8. The summed E-state index contributed by atoms with van der Waals surface area (Å²) in [7, 11) is -4.87. The van der Waals surface area contributed by atoms with Gasteiger partial charge in [-0.1, -0.05) is 23.8 Å². The third kappa shape index (κ3) is 5.24. The molecule has 1 atom stereocenters. The van der Waals surface area contributed by atoms with Crippen molar-refractivity contribution in [3.63, 3.8) is 0 Å². The minimum absolute atomic E-state index is 0.0220. The van der Waals surface area contributed by atoms with Gasteiger partial charge < -0.3 is 0 Å². The number of hydrogen-bond acceptors (Lipinski definition) is 6. The minimum atomic E-state index is -3.88. The van der Waals surface area contributed by atoms with Crippen LogP contribution in [0, 0.1) is 6.92 Å². The van der Waals surface area contributed by atoms with Gasteiger partial charge in [0, 0.05) is 26.2 Å². The van der Waals surface area contributed by atoms with Gasteiger partial charge in [-0.05, 0) is 50.1 Å². The number of carbonyl (C=O) groups is 2. The topological polar surface area (TPSA) is 133 Å². The van der Waals surface area contributed by atoms with Crippen LogP contribution in [0.3, 0.4) is 0 Å². The van der Waals surface area contributed by atoms with Gasteiger partial charge in [-0.25, -0.2) is 21.1 Å². The van der Waals surface area contributed by atoms with E-state index in [4.69, 9.17) is 0 Å². The summed E-state index contributed by atoms with van der Waals surface area (Å²) in [6, 6.07) is 10.8. The van der Waals surface area contributed by atoms with Crippen LogP contribution in [0.1, 0.15) is 28.8 Å². The van der Waals surface area contributed by atoms with Crippen molar-refractivity contribution in [3.05, 3.63) is 59.7 Å². The summed E-state index contributed by atoms with van der Waals surface area (Å²) in [4.78, 5) is 25.2. The fourth-order valence-corrected chi connectivity index (χ4v) is 6.02. The highest BCUT2D eigenvalue weighted by Crippen LogP contribution is 2.26. The van der Waals surface area contributed by atoms with E-state index in [9.17, 15) is 26.4 Å². The molecule has 0 aromatic heterocycles. The summed E-state index contributed by atoms with van der Waals surface area (Å²) in [6.45, 7) is 2.03. The van der Waals surface area contributed by atoms with Crippen molar-refractivity contribution < 1.29 is 26.4 Å². The number of hydrazine groups is 1. The summed E-state index contributed by atoms with van der Waals surface area (Å²) in [6.07, 6.45) is 0.810. The number of amides is 2. The molecule has 1 saturated heterocycles. The second-order valence-electron chi connectivity index (χ2n) is 7.85. The van der Waals surface area contributed by atoms with Gasteiger partial charge >= 0.3 is 0 Å². The van der Waals surface area contributed by atoms with Crippen LogP contribution >= 0.6 is 0 Å². The van der Waals surface area contributed by atoms with E-state index in [2.05, 4.69) is 10.9 Å². The lowest BCUT2D eigenvalue weighted by molar-refractivity contribution is -0.125. The molecule has 0 saturated carbocycles. The van der Waals surface area contributed by atoms with Crippen molar-refractivity contribution in [3.8, 4) is 0 Å². The van der Waals surface area contributed by atoms with E-state index in [1.165, 1.54) is 50.5 Å². The highest BCUT2D eigenvalue weighted by molar-refractivity contribution is 7.89. The maximum atomic E-state index is 13.0. The lowest BCUT2D eigenvalue weighted by Gasteiger charge is -2.23. The lowest BCUT2D eigenvalue weighted by atomic mass is 10.2. The van der Waals surface area contributed by atoms with Crippen molar-refractivity contribution in [2.75, 3.05) is 20.6 Å². The van der Waals surface area contributed by atoms with Crippen molar-refractivity contribution in [1.82, 2.24) is 19.5 Å². The average Bonchev–Trinajstić information content (AvgIpc) is 3.28. The quantitative estimate of drug-likeness (QED) is 0.573. The van der Waals surface area contributed by atoms with E-state index in [-0.39, 0.29) is 21.9 Å². The van der Waals surface area contributed by atoms with Crippen molar-refractivity contribution in [2.24, 2.45) is 0 Å². The molecule has 2 aromatic carbocycles. The highest BCUT2D eigenvalue weighted by atomic mass is 32.2. The monoisotopic (exact) mass is 494 g/mol. The maximum absolute atomic E-state index is 13.0. The van der Waals surface area contributed by atoms with Crippen LogP contribution in [-0.2, 0) is 24.8 Å². The zero-order valence-electron chi connectivity index (χ0n) is 18.5. The van der Waals surface area contributed by atoms with Crippen molar-refractivity contribution in [1.29, 1.82) is 0 Å². The Morgan fingerprint density at radius 2 is 1.64 bits per heavy atom. The maximum Gasteiger partial charge on any atom is 0.269 e. The Morgan fingerprint density at radius 1 is 0.970 bits per heavy atom. The van der Waals surface area contributed by atoms with Gasteiger partial charge in [0.25, 0.3) is 11.8 Å². The van der Waals surface area contributed by atoms with E-state index >= 15 is 0 Å². The molecule has 10 nitrogen and oxygen atoms in total. The molecule has 1 fully saturated rings. The Bertz CT molecular complexity index is 1260. The zero-order chi connectivity index (χ0) is 24.4. The summed E-state index contributed by atoms with van der Waals surface area (Å²) in [5, 5.41) is 0. The first-order valence-electron chi connectivity index (χ1n) is 10.2.